The monoisotopic (exact) mass is 263 g/mol. The normalized spacial score (nSPS) is 18.6. The van der Waals surface area contributed by atoms with Crippen molar-refractivity contribution in [2.45, 2.75) is 25.7 Å². The molecule has 1 aliphatic rings. The second kappa shape index (κ2) is 4.90. The van der Waals surface area contributed by atoms with E-state index in [4.69, 9.17) is 11.6 Å². The molecular formula is C14H18ClN3. The van der Waals surface area contributed by atoms with Gasteiger partial charge in [0.25, 0.3) is 0 Å². The maximum atomic E-state index is 6.00. The average molecular weight is 264 g/mol. The van der Waals surface area contributed by atoms with Crippen molar-refractivity contribution in [1.29, 1.82) is 0 Å². The largest absolute Gasteiger partial charge is 0.304 e. The van der Waals surface area contributed by atoms with Crippen LogP contribution in [0, 0.1) is 0 Å². The molecule has 0 unspecified atom stereocenters. The van der Waals surface area contributed by atoms with Gasteiger partial charge in [0.15, 0.2) is 0 Å². The van der Waals surface area contributed by atoms with E-state index in [0.717, 1.165) is 17.1 Å². The van der Waals surface area contributed by atoms with Crippen LogP contribution in [0.4, 0.5) is 0 Å². The topological polar surface area (TPSA) is 20.5 Å². The summed E-state index contributed by atoms with van der Waals surface area (Å²) in [5, 5.41) is 0.773. The van der Waals surface area contributed by atoms with E-state index in [9.17, 15) is 0 Å². The summed E-state index contributed by atoms with van der Waals surface area (Å²) in [5.41, 5.74) is 1.09. The molecule has 0 spiro atoms. The molecule has 0 radical (unpaired) electrons. The van der Waals surface area contributed by atoms with E-state index >= 15 is 0 Å². The SMILES string of the molecule is CCN1CCC(c2ncc3cc(Cl)ccn23)CC1. The highest BCUT2D eigenvalue weighted by atomic mass is 35.5. The maximum absolute atomic E-state index is 6.00. The molecule has 3 nitrogen and oxygen atoms in total. The maximum Gasteiger partial charge on any atom is 0.116 e. The number of rotatable bonds is 2. The summed E-state index contributed by atoms with van der Waals surface area (Å²) in [5.74, 6) is 1.77. The fourth-order valence-electron chi connectivity index (χ4n) is 2.80. The summed E-state index contributed by atoms with van der Waals surface area (Å²) in [6.45, 7) is 5.76. The average Bonchev–Trinajstić information content (AvgIpc) is 2.81. The van der Waals surface area contributed by atoms with Crippen molar-refractivity contribution in [1.82, 2.24) is 14.3 Å². The van der Waals surface area contributed by atoms with E-state index in [1.165, 1.54) is 31.8 Å². The first-order valence-corrected chi connectivity index (χ1v) is 7.00. The van der Waals surface area contributed by atoms with Crippen molar-refractivity contribution in [3.63, 3.8) is 0 Å². The van der Waals surface area contributed by atoms with Crippen LogP contribution in [0.25, 0.3) is 5.52 Å². The number of pyridine rings is 1. The van der Waals surface area contributed by atoms with Gasteiger partial charge in [0.2, 0.25) is 0 Å². The number of piperidine rings is 1. The van der Waals surface area contributed by atoms with Crippen molar-refractivity contribution >= 4 is 17.1 Å². The molecule has 0 aromatic carbocycles. The zero-order valence-electron chi connectivity index (χ0n) is 10.6. The minimum atomic E-state index is 0.580. The summed E-state index contributed by atoms with van der Waals surface area (Å²) < 4.78 is 2.18. The van der Waals surface area contributed by atoms with Gasteiger partial charge < -0.3 is 9.30 Å². The van der Waals surface area contributed by atoms with Crippen LogP contribution in [0.1, 0.15) is 31.5 Å². The van der Waals surface area contributed by atoms with Crippen molar-refractivity contribution in [2.24, 2.45) is 0 Å². The molecule has 2 aromatic heterocycles. The molecule has 0 amide bonds. The number of likely N-dealkylation sites (tertiary alicyclic amines) is 1. The van der Waals surface area contributed by atoms with Gasteiger partial charge in [-0.05, 0) is 44.6 Å². The lowest BCUT2D eigenvalue weighted by Crippen LogP contribution is -2.33. The van der Waals surface area contributed by atoms with E-state index in [1.54, 1.807) is 0 Å². The van der Waals surface area contributed by atoms with Crippen molar-refractivity contribution in [3.05, 3.63) is 35.4 Å². The van der Waals surface area contributed by atoms with Gasteiger partial charge in [-0.15, -0.1) is 0 Å². The fraction of sp³-hybridized carbons (Fsp3) is 0.500. The Balaban J connectivity index is 1.87. The Morgan fingerprint density at radius 3 is 2.89 bits per heavy atom. The zero-order valence-corrected chi connectivity index (χ0v) is 11.4. The Hall–Kier alpha value is -1.06. The molecule has 96 valence electrons. The lowest BCUT2D eigenvalue weighted by molar-refractivity contribution is 0.219. The number of imidazole rings is 1. The highest BCUT2D eigenvalue weighted by Gasteiger charge is 2.22. The summed E-state index contributed by atoms with van der Waals surface area (Å²) >= 11 is 6.00. The van der Waals surface area contributed by atoms with Gasteiger partial charge in [-0.25, -0.2) is 4.98 Å². The number of nitrogens with zero attached hydrogens (tertiary/aromatic N) is 3. The van der Waals surface area contributed by atoms with Gasteiger partial charge >= 0.3 is 0 Å². The first-order chi connectivity index (χ1) is 8.78. The van der Waals surface area contributed by atoms with Crippen molar-refractivity contribution < 1.29 is 0 Å². The van der Waals surface area contributed by atoms with E-state index in [1.807, 2.05) is 24.5 Å². The Morgan fingerprint density at radius 1 is 1.39 bits per heavy atom. The van der Waals surface area contributed by atoms with Gasteiger partial charge in [-0.2, -0.15) is 0 Å². The Labute approximate surface area is 112 Å². The molecule has 3 rings (SSSR count). The summed E-state index contributed by atoms with van der Waals surface area (Å²) in [4.78, 5) is 7.10. The summed E-state index contributed by atoms with van der Waals surface area (Å²) in [7, 11) is 0. The van der Waals surface area contributed by atoms with Crippen LogP contribution in [0.5, 0.6) is 0 Å². The molecule has 18 heavy (non-hydrogen) atoms. The van der Waals surface area contributed by atoms with E-state index in [2.05, 4.69) is 21.2 Å². The predicted molar refractivity (Wildman–Crippen MR) is 74.3 cm³/mol. The van der Waals surface area contributed by atoms with Crippen LogP contribution in [-0.2, 0) is 0 Å². The highest BCUT2D eigenvalue weighted by Crippen LogP contribution is 2.28. The molecular weight excluding hydrogens is 246 g/mol. The lowest BCUT2D eigenvalue weighted by atomic mass is 9.96. The molecule has 0 atom stereocenters. The quantitative estimate of drug-likeness (QED) is 0.830. The number of hydrogen-bond donors (Lipinski definition) is 0. The molecule has 2 aromatic rings. The van der Waals surface area contributed by atoms with Crippen LogP contribution in [0.3, 0.4) is 0 Å². The molecule has 4 heteroatoms. The van der Waals surface area contributed by atoms with E-state index in [-0.39, 0.29) is 0 Å². The second-order valence-corrected chi connectivity index (χ2v) is 5.40. The third-order valence-electron chi connectivity index (χ3n) is 3.92. The second-order valence-electron chi connectivity index (χ2n) is 4.96. The first-order valence-electron chi connectivity index (χ1n) is 6.63. The predicted octanol–water partition coefficient (Wildman–Crippen LogP) is 3.19. The van der Waals surface area contributed by atoms with Crippen LogP contribution in [0.15, 0.2) is 24.5 Å². The number of aromatic nitrogens is 2. The molecule has 1 fully saturated rings. The molecule has 3 heterocycles. The lowest BCUT2D eigenvalue weighted by Gasteiger charge is -2.30. The van der Waals surface area contributed by atoms with E-state index < -0.39 is 0 Å². The van der Waals surface area contributed by atoms with Crippen molar-refractivity contribution in [3.8, 4) is 0 Å². The third-order valence-corrected chi connectivity index (χ3v) is 4.16. The molecule has 0 aliphatic carbocycles. The smallest absolute Gasteiger partial charge is 0.116 e. The fourth-order valence-corrected chi connectivity index (χ4v) is 2.97. The zero-order chi connectivity index (χ0) is 12.5. The number of hydrogen-bond acceptors (Lipinski definition) is 2. The minimum absolute atomic E-state index is 0.580. The number of fused-ring (bicyclic) bond motifs is 1. The third kappa shape index (κ3) is 2.13. The molecule has 0 N–H and O–H groups in total. The summed E-state index contributed by atoms with van der Waals surface area (Å²) in [6, 6.07) is 3.90. The van der Waals surface area contributed by atoms with Crippen LogP contribution < -0.4 is 0 Å². The van der Waals surface area contributed by atoms with Crippen LogP contribution in [0.2, 0.25) is 5.02 Å². The van der Waals surface area contributed by atoms with Crippen LogP contribution >= 0.6 is 11.6 Å². The summed E-state index contributed by atoms with van der Waals surface area (Å²) in [6.07, 6.45) is 6.37. The minimum Gasteiger partial charge on any atom is -0.304 e. The molecule has 0 saturated carbocycles. The molecule has 1 aliphatic heterocycles. The van der Waals surface area contributed by atoms with Crippen molar-refractivity contribution in [2.75, 3.05) is 19.6 Å². The van der Waals surface area contributed by atoms with Gasteiger partial charge in [-0.1, -0.05) is 18.5 Å². The van der Waals surface area contributed by atoms with Gasteiger partial charge in [0.05, 0.1) is 11.7 Å². The van der Waals surface area contributed by atoms with Gasteiger partial charge in [0, 0.05) is 17.1 Å². The van der Waals surface area contributed by atoms with Gasteiger partial charge in [0.1, 0.15) is 5.82 Å². The Bertz CT molecular complexity index is 541. The van der Waals surface area contributed by atoms with E-state index in [0.29, 0.717) is 5.92 Å². The Kier molecular flexibility index (Phi) is 3.27. The van der Waals surface area contributed by atoms with Crippen LogP contribution in [-0.4, -0.2) is 33.9 Å². The Morgan fingerprint density at radius 2 is 2.17 bits per heavy atom. The molecule has 0 bridgehead atoms. The standard InChI is InChI=1S/C14H18ClN3/c1-2-17-6-3-11(4-7-17)14-16-10-13-9-12(15)5-8-18(13)14/h5,8-11H,2-4,6-7H2,1H3. The first kappa shape index (κ1) is 12.0. The number of halogens is 1. The van der Waals surface area contributed by atoms with Gasteiger partial charge in [-0.3, -0.25) is 0 Å². The molecule has 1 saturated heterocycles. The highest BCUT2D eigenvalue weighted by molar-refractivity contribution is 6.30.